The van der Waals surface area contributed by atoms with Crippen LogP contribution in [0.3, 0.4) is 0 Å². The molecular weight excluding hydrogens is 268 g/mol. The second-order valence-corrected chi connectivity index (χ2v) is 5.66. The minimum atomic E-state index is 0.327. The Balaban J connectivity index is 2.17. The van der Waals surface area contributed by atoms with Crippen LogP contribution in [0.5, 0.6) is 5.75 Å². The summed E-state index contributed by atoms with van der Waals surface area (Å²) in [4.78, 5) is 0. The molecule has 0 heterocycles. The maximum Gasteiger partial charge on any atom is 0.124 e. The zero-order valence-corrected chi connectivity index (χ0v) is 12.4. The van der Waals surface area contributed by atoms with Gasteiger partial charge in [-0.25, -0.2) is 0 Å². The third kappa shape index (κ3) is 1.86. The molecule has 0 radical (unpaired) electrons. The van der Waals surface area contributed by atoms with Crippen molar-refractivity contribution in [2.45, 2.75) is 6.92 Å². The van der Waals surface area contributed by atoms with Gasteiger partial charge in [0.05, 0.1) is 0 Å². The van der Waals surface area contributed by atoms with Crippen LogP contribution >= 0.6 is 0 Å². The van der Waals surface area contributed by atoms with Crippen LogP contribution in [0.4, 0.5) is 0 Å². The summed E-state index contributed by atoms with van der Waals surface area (Å²) in [6, 6.07) is 24.5. The summed E-state index contributed by atoms with van der Waals surface area (Å²) in [6.07, 6.45) is 0. The molecule has 1 N–H and O–H groups in total. The molecule has 0 aliphatic heterocycles. The number of rotatable bonds is 1. The average Bonchev–Trinajstić information content (AvgIpc) is 2.56. The van der Waals surface area contributed by atoms with E-state index in [0.29, 0.717) is 5.75 Å². The van der Waals surface area contributed by atoms with E-state index in [1.807, 2.05) is 24.3 Å². The van der Waals surface area contributed by atoms with E-state index in [2.05, 4.69) is 49.4 Å². The molecule has 4 aromatic rings. The van der Waals surface area contributed by atoms with Crippen molar-refractivity contribution in [2.24, 2.45) is 0 Å². The standard InChI is InChI=1S/C21H16O/c1-14-10-12-19(18-9-5-4-7-16(14)18)21-17-8-3-2-6-15(17)11-13-20(21)22/h2-13,22H,1H3. The molecule has 4 rings (SSSR count). The predicted octanol–water partition coefficient (Wildman–Crippen LogP) is 5.67. The molecule has 0 amide bonds. The summed E-state index contributed by atoms with van der Waals surface area (Å²) < 4.78 is 0. The maximum absolute atomic E-state index is 10.5. The van der Waals surface area contributed by atoms with Gasteiger partial charge in [-0.3, -0.25) is 0 Å². The second-order valence-electron chi connectivity index (χ2n) is 5.66. The zero-order valence-electron chi connectivity index (χ0n) is 12.4. The van der Waals surface area contributed by atoms with Crippen molar-refractivity contribution in [2.75, 3.05) is 0 Å². The molecular formula is C21H16O. The molecule has 0 aromatic heterocycles. The van der Waals surface area contributed by atoms with Gasteiger partial charge in [0.15, 0.2) is 0 Å². The molecule has 1 nitrogen and oxygen atoms in total. The fourth-order valence-electron chi connectivity index (χ4n) is 3.21. The number of aromatic hydroxyl groups is 1. The van der Waals surface area contributed by atoms with Gasteiger partial charge in [-0.1, -0.05) is 66.7 Å². The number of fused-ring (bicyclic) bond motifs is 2. The monoisotopic (exact) mass is 284 g/mol. The van der Waals surface area contributed by atoms with E-state index in [1.54, 1.807) is 6.07 Å². The third-order valence-corrected chi connectivity index (χ3v) is 4.32. The van der Waals surface area contributed by atoms with Crippen molar-refractivity contribution in [1.82, 2.24) is 0 Å². The van der Waals surface area contributed by atoms with Crippen LogP contribution in [-0.4, -0.2) is 5.11 Å². The predicted molar refractivity (Wildman–Crippen MR) is 93.3 cm³/mol. The number of benzene rings is 4. The highest BCUT2D eigenvalue weighted by molar-refractivity contribution is 6.08. The van der Waals surface area contributed by atoms with Crippen LogP contribution in [0.25, 0.3) is 32.7 Å². The van der Waals surface area contributed by atoms with Crippen LogP contribution < -0.4 is 0 Å². The van der Waals surface area contributed by atoms with E-state index in [-0.39, 0.29) is 0 Å². The number of phenolic OH excluding ortho intramolecular Hbond substituents is 1. The summed E-state index contributed by atoms with van der Waals surface area (Å²) in [5.74, 6) is 0.327. The molecule has 0 saturated heterocycles. The lowest BCUT2D eigenvalue weighted by Crippen LogP contribution is -1.87. The van der Waals surface area contributed by atoms with Gasteiger partial charge in [0, 0.05) is 5.56 Å². The van der Waals surface area contributed by atoms with Crippen LogP contribution in [0.15, 0.2) is 72.8 Å². The first-order valence-corrected chi connectivity index (χ1v) is 7.45. The molecule has 0 aliphatic carbocycles. The SMILES string of the molecule is Cc1ccc(-c2c(O)ccc3ccccc23)c2ccccc12. The molecule has 22 heavy (non-hydrogen) atoms. The van der Waals surface area contributed by atoms with Gasteiger partial charge in [-0.05, 0) is 45.7 Å². The minimum absolute atomic E-state index is 0.327. The molecule has 1 heteroatoms. The zero-order chi connectivity index (χ0) is 15.1. The van der Waals surface area contributed by atoms with E-state index >= 15 is 0 Å². The molecule has 0 saturated carbocycles. The quantitative estimate of drug-likeness (QED) is 0.477. The van der Waals surface area contributed by atoms with Crippen molar-refractivity contribution in [3.63, 3.8) is 0 Å². The molecule has 4 aromatic carbocycles. The summed E-state index contributed by atoms with van der Waals surface area (Å²) in [5, 5.41) is 15.1. The highest BCUT2D eigenvalue weighted by Crippen LogP contribution is 2.40. The molecule has 0 fully saturated rings. The molecule has 0 spiro atoms. The van der Waals surface area contributed by atoms with Gasteiger partial charge in [-0.15, -0.1) is 0 Å². The largest absolute Gasteiger partial charge is 0.507 e. The lowest BCUT2D eigenvalue weighted by Gasteiger charge is -2.13. The highest BCUT2D eigenvalue weighted by Gasteiger charge is 2.12. The van der Waals surface area contributed by atoms with Crippen molar-refractivity contribution in [3.05, 3.63) is 78.4 Å². The summed E-state index contributed by atoms with van der Waals surface area (Å²) in [7, 11) is 0. The van der Waals surface area contributed by atoms with Crippen molar-refractivity contribution in [3.8, 4) is 16.9 Å². The molecule has 106 valence electrons. The Kier molecular flexibility index (Phi) is 2.87. The number of hydrogen-bond acceptors (Lipinski definition) is 1. The average molecular weight is 284 g/mol. The minimum Gasteiger partial charge on any atom is -0.507 e. The van der Waals surface area contributed by atoms with Crippen molar-refractivity contribution >= 4 is 21.5 Å². The molecule has 0 atom stereocenters. The Morgan fingerprint density at radius 3 is 2.14 bits per heavy atom. The molecule has 0 bridgehead atoms. The number of aryl methyl sites for hydroxylation is 1. The van der Waals surface area contributed by atoms with E-state index in [9.17, 15) is 5.11 Å². The van der Waals surface area contributed by atoms with E-state index < -0.39 is 0 Å². The Morgan fingerprint density at radius 1 is 0.636 bits per heavy atom. The maximum atomic E-state index is 10.5. The van der Waals surface area contributed by atoms with Crippen LogP contribution in [-0.2, 0) is 0 Å². The first kappa shape index (κ1) is 12.9. The number of phenols is 1. The summed E-state index contributed by atoms with van der Waals surface area (Å²) >= 11 is 0. The van der Waals surface area contributed by atoms with E-state index in [0.717, 1.165) is 21.9 Å². The fraction of sp³-hybridized carbons (Fsp3) is 0.0476. The number of hydrogen-bond donors (Lipinski definition) is 1. The van der Waals surface area contributed by atoms with Crippen molar-refractivity contribution < 1.29 is 5.11 Å². The van der Waals surface area contributed by atoms with Crippen LogP contribution in [0, 0.1) is 6.92 Å². The van der Waals surface area contributed by atoms with E-state index in [1.165, 1.54) is 16.3 Å². The van der Waals surface area contributed by atoms with Gasteiger partial charge in [-0.2, -0.15) is 0 Å². The first-order valence-electron chi connectivity index (χ1n) is 7.45. The Bertz CT molecular complexity index is 999. The van der Waals surface area contributed by atoms with Gasteiger partial charge in [0.25, 0.3) is 0 Å². The third-order valence-electron chi connectivity index (χ3n) is 4.32. The Hall–Kier alpha value is -2.80. The van der Waals surface area contributed by atoms with Crippen LogP contribution in [0.2, 0.25) is 0 Å². The topological polar surface area (TPSA) is 20.2 Å². The van der Waals surface area contributed by atoms with Crippen molar-refractivity contribution in [1.29, 1.82) is 0 Å². The first-order chi connectivity index (χ1) is 10.8. The fourth-order valence-corrected chi connectivity index (χ4v) is 3.21. The van der Waals surface area contributed by atoms with Gasteiger partial charge < -0.3 is 5.11 Å². The molecule has 0 aliphatic rings. The highest BCUT2D eigenvalue weighted by atomic mass is 16.3. The van der Waals surface area contributed by atoms with Gasteiger partial charge in [0.1, 0.15) is 5.75 Å². The van der Waals surface area contributed by atoms with Gasteiger partial charge >= 0.3 is 0 Å². The van der Waals surface area contributed by atoms with Crippen LogP contribution in [0.1, 0.15) is 5.56 Å². The second kappa shape index (κ2) is 4.88. The Labute approximate surface area is 129 Å². The Morgan fingerprint density at radius 2 is 1.32 bits per heavy atom. The molecule has 0 unspecified atom stereocenters. The summed E-state index contributed by atoms with van der Waals surface area (Å²) in [5.41, 5.74) is 3.24. The van der Waals surface area contributed by atoms with Gasteiger partial charge in [0.2, 0.25) is 0 Å². The smallest absolute Gasteiger partial charge is 0.124 e. The summed E-state index contributed by atoms with van der Waals surface area (Å²) in [6.45, 7) is 2.12. The lowest BCUT2D eigenvalue weighted by molar-refractivity contribution is 0.478. The normalized spacial score (nSPS) is 11.1. The lowest BCUT2D eigenvalue weighted by atomic mass is 9.91. The van der Waals surface area contributed by atoms with E-state index in [4.69, 9.17) is 0 Å².